The Bertz CT molecular complexity index is 693. The van der Waals surface area contributed by atoms with Gasteiger partial charge in [-0.15, -0.1) is 30.4 Å². The standard InChI is InChI=1S/C18H22ClN3O2.ClH/c1-3-14(24-15-7-5-4-6-12(15)17(21)23)13-10-11-8-9-18(19,16(13)20)22(11)2;/h1,4-7,11,13-14,16H,8-10,20H2,2H3,(H2,21,23);1H. The Morgan fingerprint density at radius 1 is 1.52 bits per heavy atom. The van der Waals surface area contributed by atoms with Gasteiger partial charge in [0.2, 0.25) is 0 Å². The number of hydrogen-bond acceptors (Lipinski definition) is 4. The smallest absolute Gasteiger partial charge is 0.252 e. The van der Waals surface area contributed by atoms with E-state index in [1.54, 1.807) is 24.3 Å². The number of halogens is 2. The minimum atomic E-state index is -0.588. The maximum Gasteiger partial charge on any atom is 0.252 e. The number of carbonyl (C=O) groups is 1. The molecule has 25 heavy (non-hydrogen) atoms. The Morgan fingerprint density at radius 2 is 2.20 bits per heavy atom. The van der Waals surface area contributed by atoms with Crippen molar-refractivity contribution in [2.75, 3.05) is 7.05 Å². The molecule has 2 fully saturated rings. The molecule has 5 unspecified atom stereocenters. The van der Waals surface area contributed by atoms with Crippen molar-refractivity contribution in [1.29, 1.82) is 0 Å². The summed E-state index contributed by atoms with van der Waals surface area (Å²) >= 11 is 6.79. The fourth-order valence-corrected chi connectivity index (χ4v) is 4.38. The minimum absolute atomic E-state index is 0. The fourth-order valence-electron chi connectivity index (χ4n) is 3.98. The Labute approximate surface area is 159 Å². The third kappa shape index (κ3) is 3.32. The van der Waals surface area contributed by atoms with Crippen LogP contribution in [0.4, 0.5) is 0 Å². The summed E-state index contributed by atoms with van der Waals surface area (Å²) in [6.07, 6.45) is 7.82. The molecule has 4 N–H and O–H groups in total. The summed E-state index contributed by atoms with van der Waals surface area (Å²) in [5.74, 6) is 2.43. The van der Waals surface area contributed by atoms with Crippen molar-refractivity contribution in [3.05, 3.63) is 29.8 Å². The number of hydrogen-bond donors (Lipinski definition) is 2. The topological polar surface area (TPSA) is 81.6 Å². The molecule has 7 heteroatoms. The molecule has 2 saturated heterocycles. The van der Waals surface area contributed by atoms with Gasteiger partial charge in [-0.25, -0.2) is 0 Å². The Kier molecular flexibility index (Phi) is 5.90. The number of amides is 1. The summed E-state index contributed by atoms with van der Waals surface area (Å²) in [7, 11) is 2.01. The predicted molar refractivity (Wildman–Crippen MR) is 101 cm³/mol. The number of rotatable bonds is 4. The van der Waals surface area contributed by atoms with Crippen LogP contribution in [-0.2, 0) is 0 Å². The molecular formula is C18H23Cl2N3O2. The van der Waals surface area contributed by atoms with E-state index in [4.69, 9.17) is 34.2 Å². The number of fused-ring (bicyclic) bond motifs is 2. The van der Waals surface area contributed by atoms with Gasteiger partial charge in [0, 0.05) is 18.0 Å². The lowest BCUT2D eigenvalue weighted by Gasteiger charge is -2.47. The predicted octanol–water partition coefficient (Wildman–Crippen LogP) is 1.96. The maximum absolute atomic E-state index is 11.6. The molecule has 5 nitrogen and oxygen atoms in total. The number of nitrogens with two attached hydrogens (primary N) is 2. The molecule has 1 aromatic rings. The first-order valence-electron chi connectivity index (χ1n) is 8.07. The van der Waals surface area contributed by atoms with E-state index in [-0.39, 0.29) is 24.4 Å². The number of ether oxygens (including phenoxy) is 1. The van der Waals surface area contributed by atoms with E-state index >= 15 is 0 Å². The molecule has 0 aromatic heterocycles. The highest BCUT2D eigenvalue weighted by molar-refractivity contribution is 6.24. The van der Waals surface area contributed by atoms with Gasteiger partial charge < -0.3 is 16.2 Å². The van der Waals surface area contributed by atoms with Crippen LogP contribution in [0.5, 0.6) is 5.75 Å². The monoisotopic (exact) mass is 383 g/mol. The zero-order chi connectivity index (χ0) is 17.5. The lowest BCUT2D eigenvalue weighted by molar-refractivity contribution is 0.0385. The molecule has 2 aliphatic heterocycles. The summed E-state index contributed by atoms with van der Waals surface area (Å²) < 4.78 is 5.98. The first-order valence-corrected chi connectivity index (χ1v) is 8.45. The van der Waals surface area contributed by atoms with Crippen molar-refractivity contribution in [3.8, 4) is 18.1 Å². The molecule has 2 bridgehead atoms. The SMILES string of the molecule is C#CC(Oc1ccccc1C(N)=O)C1CC2CCC(Cl)(C1N)N2C.Cl. The van der Waals surface area contributed by atoms with E-state index in [9.17, 15) is 4.79 Å². The maximum atomic E-state index is 11.6. The lowest BCUT2D eigenvalue weighted by Crippen LogP contribution is -2.63. The van der Waals surface area contributed by atoms with Crippen LogP contribution in [0.15, 0.2) is 24.3 Å². The second-order valence-corrected chi connectivity index (χ2v) is 7.27. The molecule has 1 amide bonds. The highest BCUT2D eigenvalue weighted by Crippen LogP contribution is 2.48. The molecule has 0 spiro atoms. The highest BCUT2D eigenvalue weighted by Gasteiger charge is 2.56. The normalized spacial score (nSPS) is 32.3. The molecule has 3 rings (SSSR count). The van der Waals surface area contributed by atoms with Gasteiger partial charge >= 0.3 is 0 Å². The van der Waals surface area contributed by atoms with Crippen LogP contribution in [0.2, 0.25) is 0 Å². The third-order valence-electron chi connectivity index (χ3n) is 5.44. The Balaban J connectivity index is 0.00000225. The summed E-state index contributed by atoms with van der Waals surface area (Å²) in [6, 6.07) is 6.84. The number of benzene rings is 1. The van der Waals surface area contributed by atoms with Crippen LogP contribution in [0.25, 0.3) is 0 Å². The quantitative estimate of drug-likeness (QED) is 0.473. The summed E-state index contributed by atoms with van der Waals surface area (Å²) in [5, 5.41) is 0. The van der Waals surface area contributed by atoms with Gasteiger partial charge in [-0.2, -0.15) is 0 Å². The number of carbonyl (C=O) groups excluding carboxylic acids is 1. The summed E-state index contributed by atoms with van der Waals surface area (Å²) in [6.45, 7) is 0. The molecule has 0 aliphatic carbocycles. The second-order valence-electron chi connectivity index (χ2n) is 6.61. The highest BCUT2D eigenvalue weighted by atomic mass is 35.5. The van der Waals surface area contributed by atoms with Crippen molar-refractivity contribution in [2.45, 2.75) is 42.4 Å². The average molecular weight is 384 g/mol. The van der Waals surface area contributed by atoms with Crippen LogP contribution >= 0.6 is 24.0 Å². The van der Waals surface area contributed by atoms with Gasteiger partial charge in [0.25, 0.3) is 5.91 Å². The van der Waals surface area contributed by atoms with Crippen molar-refractivity contribution in [2.24, 2.45) is 17.4 Å². The number of piperidine rings is 1. The molecule has 136 valence electrons. The number of primary amides is 1. The second kappa shape index (κ2) is 7.43. The molecular weight excluding hydrogens is 361 g/mol. The first kappa shape index (κ1) is 19.9. The van der Waals surface area contributed by atoms with Crippen LogP contribution in [0.3, 0.4) is 0 Å². The fraction of sp³-hybridized carbons (Fsp3) is 0.500. The number of terminal acetylenes is 1. The molecule has 1 aromatic carbocycles. The minimum Gasteiger partial charge on any atom is -0.477 e. The van der Waals surface area contributed by atoms with E-state index in [0.717, 1.165) is 19.3 Å². The molecule has 2 heterocycles. The van der Waals surface area contributed by atoms with Gasteiger partial charge in [-0.1, -0.05) is 18.1 Å². The Morgan fingerprint density at radius 3 is 2.84 bits per heavy atom. The van der Waals surface area contributed by atoms with Crippen molar-refractivity contribution >= 4 is 29.9 Å². The number of nitrogens with zero attached hydrogens (tertiary/aromatic N) is 1. The van der Waals surface area contributed by atoms with Crippen LogP contribution in [0.1, 0.15) is 29.6 Å². The molecule has 5 atom stereocenters. The third-order valence-corrected chi connectivity index (χ3v) is 6.15. The van der Waals surface area contributed by atoms with Gasteiger partial charge in [-0.05, 0) is 38.4 Å². The average Bonchev–Trinajstić information content (AvgIpc) is 2.78. The molecule has 0 radical (unpaired) electrons. The van der Waals surface area contributed by atoms with Crippen LogP contribution in [-0.4, -0.2) is 41.0 Å². The first-order chi connectivity index (χ1) is 11.4. The van der Waals surface area contributed by atoms with Crippen LogP contribution in [0, 0.1) is 18.3 Å². The van der Waals surface area contributed by atoms with Gasteiger partial charge in [-0.3, -0.25) is 9.69 Å². The van der Waals surface area contributed by atoms with E-state index in [1.807, 2.05) is 7.05 Å². The molecule has 2 aliphatic rings. The number of para-hydroxylation sites is 1. The van der Waals surface area contributed by atoms with Gasteiger partial charge in [0.15, 0.2) is 6.10 Å². The molecule has 0 saturated carbocycles. The Hall–Kier alpha value is -1.45. The summed E-state index contributed by atoms with van der Waals surface area (Å²) in [4.78, 5) is 13.1. The number of alkyl halides is 1. The zero-order valence-corrected chi connectivity index (χ0v) is 15.6. The van der Waals surface area contributed by atoms with Crippen molar-refractivity contribution < 1.29 is 9.53 Å². The van der Waals surface area contributed by atoms with Gasteiger partial charge in [0.1, 0.15) is 10.7 Å². The summed E-state index contributed by atoms with van der Waals surface area (Å²) in [5.41, 5.74) is 12.2. The van der Waals surface area contributed by atoms with E-state index < -0.39 is 17.0 Å². The van der Waals surface area contributed by atoms with Gasteiger partial charge in [0.05, 0.1) is 5.56 Å². The number of likely N-dealkylation sites (N-methyl/N-ethyl adjacent to an activating group) is 1. The largest absolute Gasteiger partial charge is 0.477 e. The van der Waals surface area contributed by atoms with Crippen molar-refractivity contribution in [3.63, 3.8) is 0 Å². The van der Waals surface area contributed by atoms with E-state index in [0.29, 0.717) is 17.4 Å². The van der Waals surface area contributed by atoms with E-state index in [1.165, 1.54) is 0 Å². The van der Waals surface area contributed by atoms with Crippen LogP contribution < -0.4 is 16.2 Å². The van der Waals surface area contributed by atoms with Crippen molar-refractivity contribution in [1.82, 2.24) is 4.90 Å². The zero-order valence-electron chi connectivity index (χ0n) is 14.0. The lowest BCUT2D eigenvalue weighted by atomic mass is 9.82. The van der Waals surface area contributed by atoms with E-state index in [2.05, 4.69) is 10.8 Å².